The summed E-state index contributed by atoms with van der Waals surface area (Å²) in [5, 5.41) is 3.35. The maximum Gasteiger partial charge on any atom is 0.0949 e. The quantitative estimate of drug-likeness (QED) is 0.735. The number of hydrogen-bond acceptors (Lipinski definition) is 2. The van der Waals surface area contributed by atoms with Crippen LogP contribution in [0.2, 0.25) is 0 Å². The van der Waals surface area contributed by atoms with Crippen LogP contribution < -0.4 is 5.32 Å². The van der Waals surface area contributed by atoms with E-state index in [1.165, 1.54) is 17.8 Å². The Kier molecular flexibility index (Phi) is 2.14. The molecule has 1 aromatic heterocycles. The van der Waals surface area contributed by atoms with Crippen LogP contribution in [0, 0.1) is 5.41 Å². The zero-order valence-electron chi connectivity index (χ0n) is 9.46. The van der Waals surface area contributed by atoms with E-state index in [1.807, 2.05) is 13.4 Å². The smallest absolute Gasteiger partial charge is 0.0949 e. The molecule has 0 spiro atoms. The first-order valence-corrected chi connectivity index (χ1v) is 5.21. The third-order valence-electron chi connectivity index (χ3n) is 3.17. The molecule has 1 unspecified atom stereocenters. The van der Waals surface area contributed by atoms with E-state index < -0.39 is 0 Å². The fourth-order valence-electron chi connectivity index (χ4n) is 2.39. The molecule has 3 nitrogen and oxygen atoms in total. The summed E-state index contributed by atoms with van der Waals surface area (Å²) < 4.78 is 2.15. The van der Waals surface area contributed by atoms with Gasteiger partial charge in [-0.05, 0) is 25.3 Å². The Hall–Kier alpha value is -0.830. The minimum absolute atomic E-state index is 0.383. The molecule has 0 aliphatic heterocycles. The highest BCUT2D eigenvalue weighted by Crippen LogP contribution is 2.39. The second-order valence-electron chi connectivity index (χ2n) is 5.07. The molecule has 2 rings (SSSR count). The molecule has 0 amide bonds. The van der Waals surface area contributed by atoms with Crippen LogP contribution in [0.15, 0.2) is 6.33 Å². The van der Waals surface area contributed by atoms with Crippen molar-refractivity contribution in [2.45, 2.75) is 32.7 Å². The van der Waals surface area contributed by atoms with Crippen LogP contribution in [0.3, 0.4) is 0 Å². The zero-order valence-corrected chi connectivity index (χ0v) is 9.46. The van der Waals surface area contributed by atoms with E-state index in [0.717, 1.165) is 6.42 Å². The second-order valence-corrected chi connectivity index (χ2v) is 5.07. The lowest BCUT2D eigenvalue weighted by Gasteiger charge is -2.34. The topological polar surface area (TPSA) is 29.9 Å². The molecule has 1 aromatic rings. The molecule has 3 heteroatoms. The van der Waals surface area contributed by atoms with Crippen LogP contribution in [0.4, 0.5) is 0 Å². The first-order chi connectivity index (χ1) is 6.53. The van der Waals surface area contributed by atoms with Gasteiger partial charge in [-0.1, -0.05) is 13.8 Å². The van der Waals surface area contributed by atoms with Gasteiger partial charge in [0.15, 0.2) is 0 Å². The van der Waals surface area contributed by atoms with E-state index in [9.17, 15) is 0 Å². The van der Waals surface area contributed by atoms with Gasteiger partial charge in [0.25, 0.3) is 0 Å². The van der Waals surface area contributed by atoms with E-state index in [4.69, 9.17) is 0 Å². The number of aryl methyl sites for hydroxylation is 1. The van der Waals surface area contributed by atoms with E-state index in [2.05, 4.69) is 35.8 Å². The fourth-order valence-corrected chi connectivity index (χ4v) is 2.39. The molecule has 78 valence electrons. The lowest BCUT2D eigenvalue weighted by molar-refractivity contribution is 0.256. The van der Waals surface area contributed by atoms with Crippen molar-refractivity contribution < 1.29 is 0 Å². The molecule has 14 heavy (non-hydrogen) atoms. The fraction of sp³-hybridized carbons (Fsp3) is 0.727. The summed E-state index contributed by atoms with van der Waals surface area (Å²) in [7, 11) is 4.10. The number of nitrogens with zero attached hydrogens (tertiary/aromatic N) is 2. The summed E-state index contributed by atoms with van der Waals surface area (Å²) >= 11 is 0. The molecule has 1 atom stereocenters. The Balaban J connectivity index is 2.43. The molecule has 0 bridgehead atoms. The number of nitrogens with one attached hydrogen (secondary N) is 1. The first-order valence-electron chi connectivity index (χ1n) is 5.21. The minimum Gasteiger partial charge on any atom is -0.337 e. The number of imidazole rings is 1. The van der Waals surface area contributed by atoms with Gasteiger partial charge in [0.2, 0.25) is 0 Å². The largest absolute Gasteiger partial charge is 0.337 e. The molecule has 1 N–H and O–H groups in total. The minimum atomic E-state index is 0.383. The van der Waals surface area contributed by atoms with Gasteiger partial charge < -0.3 is 9.88 Å². The Bertz CT molecular complexity index is 338. The van der Waals surface area contributed by atoms with Gasteiger partial charge in [0.1, 0.15) is 0 Å². The van der Waals surface area contributed by atoms with Crippen LogP contribution in [0.25, 0.3) is 0 Å². The molecular weight excluding hydrogens is 174 g/mol. The molecule has 1 aliphatic rings. The van der Waals surface area contributed by atoms with E-state index in [1.54, 1.807) is 0 Å². The standard InChI is InChI=1S/C11H19N3/c1-11(2)5-8(12-3)10-9(6-11)14(4)7-13-10/h7-8,12H,5-6H2,1-4H3. The average Bonchev–Trinajstić information content (AvgIpc) is 2.45. The van der Waals surface area contributed by atoms with Crippen LogP contribution >= 0.6 is 0 Å². The van der Waals surface area contributed by atoms with Crippen LogP contribution in [0.5, 0.6) is 0 Å². The van der Waals surface area contributed by atoms with E-state index in [-0.39, 0.29) is 0 Å². The summed E-state index contributed by atoms with van der Waals surface area (Å²) in [6, 6.07) is 0.426. The Morgan fingerprint density at radius 2 is 2.29 bits per heavy atom. The van der Waals surface area contributed by atoms with Crippen molar-refractivity contribution in [3.05, 3.63) is 17.7 Å². The summed E-state index contributed by atoms with van der Waals surface area (Å²) in [5.74, 6) is 0. The molecular formula is C11H19N3. The first kappa shape index (κ1) is 9.71. The lowest BCUT2D eigenvalue weighted by atomic mass is 9.75. The zero-order chi connectivity index (χ0) is 10.3. The van der Waals surface area contributed by atoms with Gasteiger partial charge in [-0.2, -0.15) is 0 Å². The molecule has 1 aliphatic carbocycles. The van der Waals surface area contributed by atoms with Crippen LogP contribution in [0.1, 0.15) is 37.7 Å². The van der Waals surface area contributed by atoms with Crippen LogP contribution in [-0.4, -0.2) is 16.6 Å². The summed E-state index contributed by atoms with van der Waals surface area (Å²) in [5.41, 5.74) is 3.02. The number of hydrogen-bond donors (Lipinski definition) is 1. The van der Waals surface area contributed by atoms with Gasteiger partial charge in [0, 0.05) is 12.7 Å². The highest BCUT2D eigenvalue weighted by molar-refractivity contribution is 5.22. The third-order valence-corrected chi connectivity index (χ3v) is 3.17. The van der Waals surface area contributed by atoms with Crippen molar-refractivity contribution in [3.8, 4) is 0 Å². The van der Waals surface area contributed by atoms with Crippen molar-refractivity contribution in [3.63, 3.8) is 0 Å². The maximum atomic E-state index is 4.47. The summed E-state index contributed by atoms with van der Waals surface area (Å²) in [4.78, 5) is 4.47. The Morgan fingerprint density at radius 1 is 1.57 bits per heavy atom. The summed E-state index contributed by atoms with van der Waals surface area (Å²) in [6.45, 7) is 4.65. The van der Waals surface area contributed by atoms with Crippen molar-refractivity contribution in [2.75, 3.05) is 7.05 Å². The molecule has 0 fully saturated rings. The third kappa shape index (κ3) is 1.46. The monoisotopic (exact) mass is 193 g/mol. The molecule has 1 heterocycles. The molecule has 0 radical (unpaired) electrons. The number of rotatable bonds is 1. The predicted octanol–water partition coefficient (Wildman–Crippen LogP) is 1.65. The second kappa shape index (κ2) is 3.09. The average molecular weight is 193 g/mol. The van der Waals surface area contributed by atoms with Gasteiger partial charge in [-0.3, -0.25) is 0 Å². The number of aromatic nitrogens is 2. The maximum absolute atomic E-state index is 4.47. The van der Waals surface area contributed by atoms with E-state index >= 15 is 0 Å². The van der Waals surface area contributed by atoms with Gasteiger partial charge in [0.05, 0.1) is 18.1 Å². The lowest BCUT2D eigenvalue weighted by Crippen LogP contribution is -2.32. The molecule has 0 saturated carbocycles. The summed E-state index contributed by atoms with van der Waals surface area (Å²) in [6.07, 6.45) is 4.24. The molecule has 0 saturated heterocycles. The van der Waals surface area contributed by atoms with Gasteiger partial charge in [-0.25, -0.2) is 4.98 Å². The van der Waals surface area contributed by atoms with E-state index in [0.29, 0.717) is 11.5 Å². The highest BCUT2D eigenvalue weighted by atomic mass is 15.1. The van der Waals surface area contributed by atoms with Crippen molar-refractivity contribution >= 4 is 0 Å². The van der Waals surface area contributed by atoms with Gasteiger partial charge >= 0.3 is 0 Å². The highest BCUT2D eigenvalue weighted by Gasteiger charge is 2.33. The Morgan fingerprint density at radius 3 is 2.93 bits per heavy atom. The van der Waals surface area contributed by atoms with Crippen molar-refractivity contribution in [1.29, 1.82) is 0 Å². The SMILES string of the molecule is CNC1CC(C)(C)Cc2c1ncn2C. The Labute approximate surface area is 85.5 Å². The normalized spacial score (nSPS) is 24.7. The van der Waals surface area contributed by atoms with Crippen molar-refractivity contribution in [1.82, 2.24) is 14.9 Å². The predicted molar refractivity (Wildman–Crippen MR) is 57.1 cm³/mol. The number of fused-ring (bicyclic) bond motifs is 1. The van der Waals surface area contributed by atoms with Crippen LogP contribution in [-0.2, 0) is 13.5 Å². The molecule has 0 aromatic carbocycles. The van der Waals surface area contributed by atoms with Gasteiger partial charge in [-0.15, -0.1) is 0 Å². The van der Waals surface area contributed by atoms with Crippen molar-refractivity contribution in [2.24, 2.45) is 12.5 Å².